The van der Waals surface area contributed by atoms with E-state index in [0.29, 0.717) is 16.8 Å². The van der Waals surface area contributed by atoms with Crippen LogP contribution in [0.15, 0.2) is 36.4 Å². The highest BCUT2D eigenvalue weighted by Gasteiger charge is 2.04. The Hall–Kier alpha value is -1.81. The summed E-state index contributed by atoms with van der Waals surface area (Å²) in [5.41, 5.74) is 1.42. The van der Waals surface area contributed by atoms with Crippen molar-refractivity contribution >= 4 is 0 Å². The molecular weight excluding hydrogens is 212 g/mol. The minimum Gasteiger partial charge on any atom is -0.392 e. The standard InChI is InChI=1S/C12H9F2NO/c13-10-3-1-9(2-4-10)11-5-8(7-16)6-12(14)15-11/h1-6,16H,7H2. The number of hydrogen-bond acceptors (Lipinski definition) is 2. The van der Waals surface area contributed by atoms with Gasteiger partial charge in [-0.3, -0.25) is 0 Å². The fourth-order valence-corrected chi connectivity index (χ4v) is 1.41. The maximum absolute atomic E-state index is 13.1. The molecular formula is C12H9F2NO. The summed E-state index contributed by atoms with van der Waals surface area (Å²) < 4.78 is 25.8. The summed E-state index contributed by atoms with van der Waals surface area (Å²) in [5, 5.41) is 8.92. The van der Waals surface area contributed by atoms with Crippen LogP contribution in [-0.4, -0.2) is 10.1 Å². The van der Waals surface area contributed by atoms with Gasteiger partial charge < -0.3 is 5.11 Å². The highest BCUT2D eigenvalue weighted by Crippen LogP contribution is 2.19. The van der Waals surface area contributed by atoms with Crippen LogP contribution in [0.1, 0.15) is 5.56 Å². The van der Waals surface area contributed by atoms with Gasteiger partial charge in [0.15, 0.2) is 0 Å². The molecule has 2 rings (SSSR count). The Morgan fingerprint density at radius 3 is 2.38 bits per heavy atom. The van der Waals surface area contributed by atoms with Crippen molar-refractivity contribution in [3.8, 4) is 11.3 Å². The molecule has 4 heteroatoms. The number of benzene rings is 1. The summed E-state index contributed by atoms with van der Waals surface area (Å²) >= 11 is 0. The largest absolute Gasteiger partial charge is 0.392 e. The van der Waals surface area contributed by atoms with Gasteiger partial charge in [-0.1, -0.05) is 0 Å². The van der Waals surface area contributed by atoms with Crippen molar-refractivity contribution in [2.75, 3.05) is 0 Å². The van der Waals surface area contributed by atoms with Crippen LogP contribution in [0.25, 0.3) is 11.3 Å². The van der Waals surface area contributed by atoms with E-state index >= 15 is 0 Å². The highest BCUT2D eigenvalue weighted by molar-refractivity contribution is 5.59. The van der Waals surface area contributed by atoms with E-state index in [1.807, 2.05) is 0 Å². The predicted molar refractivity (Wildman–Crippen MR) is 55.5 cm³/mol. The number of aliphatic hydroxyl groups is 1. The van der Waals surface area contributed by atoms with Crippen LogP contribution in [0.2, 0.25) is 0 Å². The van der Waals surface area contributed by atoms with E-state index in [0.717, 1.165) is 6.07 Å². The second-order valence-electron chi connectivity index (χ2n) is 3.35. The van der Waals surface area contributed by atoms with Crippen LogP contribution in [0.4, 0.5) is 8.78 Å². The van der Waals surface area contributed by atoms with Crippen LogP contribution >= 0.6 is 0 Å². The van der Waals surface area contributed by atoms with Crippen molar-refractivity contribution in [2.24, 2.45) is 0 Å². The van der Waals surface area contributed by atoms with Crippen molar-refractivity contribution in [3.05, 3.63) is 53.7 Å². The second-order valence-corrected chi connectivity index (χ2v) is 3.35. The van der Waals surface area contributed by atoms with Gasteiger partial charge in [0.25, 0.3) is 0 Å². The van der Waals surface area contributed by atoms with Crippen LogP contribution in [0.3, 0.4) is 0 Å². The zero-order chi connectivity index (χ0) is 11.5. The maximum Gasteiger partial charge on any atom is 0.213 e. The third-order valence-electron chi connectivity index (χ3n) is 2.18. The lowest BCUT2D eigenvalue weighted by atomic mass is 10.1. The first-order chi connectivity index (χ1) is 7.69. The SMILES string of the molecule is OCc1cc(F)nc(-c2ccc(F)cc2)c1. The monoisotopic (exact) mass is 221 g/mol. The van der Waals surface area contributed by atoms with E-state index in [9.17, 15) is 8.78 Å². The van der Waals surface area contributed by atoms with Crippen LogP contribution in [0.5, 0.6) is 0 Å². The lowest BCUT2D eigenvalue weighted by molar-refractivity contribution is 0.281. The topological polar surface area (TPSA) is 33.1 Å². The summed E-state index contributed by atoms with van der Waals surface area (Å²) in [6.45, 7) is -0.256. The number of hydrogen-bond donors (Lipinski definition) is 1. The summed E-state index contributed by atoms with van der Waals surface area (Å²) in [7, 11) is 0. The molecule has 0 bridgehead atoms. The summed E-state index contributed by atoms with van der Waals surface area (Å²) in [5.74, 6) is -1.02. The first-order valence-electron chi connectivity index (χ1n) is 4.72. The first kappa shape index (κ1) is 10.7. The maximum atomic E-state index is 13.1. The Balaban J connectivity index is 2.47. The Labute approximate surface area is 91.2 Å². The molecule has 1 heterocycles. The number of pyridine rings is 1. The molecule has 2 nitrogen and oxygen atoms in total. The fourth-order valence-electron chi connectivity index (χ4n) is 1.41. The zero-order valence-corrected chi connectivity index (χ0v) is 8.32. The summed E-state index contributed by atoms with van der Waals surface area (Å²) in [4.78, 5) is 3.68. The molecule has 1 aromatic carbocycles. The molecule has 0 aliphatic heterocycles. The molecule has 0 saturated heterocycles. The molecule has 1 N–H and O–H groups in total. The third kappa shape index (κ3) is 2.23. The van der Waals surface area contributed by atoms with Gasteiger partial charge in [-0.2, -0.15) is 4.39 Å². The molecule has 0 amide bonds. The zero-order valence-electron chi connectivity index (χ0n) is 8.32. The summed E-state index contributed by atoms with van der Waals surface area (Å²) in [6.07, 6.45) is 0. The van der Waals surface area contributed by atoms with Gasteiger partial charge in [0.2, 0.25) is 5.95 Å². The average molecular weight is 221 g/mol. The van der Waals surface area contributed by atoms with Crippen molar-refractivity contribution in [1.82, 2.24) is 4.98 Å². The lowest BCUT2D eigenvalue weighted by Gasteiger charge is -2.03. The average Bonchev–Trinajstić information content (AvgIpc) is 2.29. The number of aromatic nitrogens is 1. The Bertz CT molecular complexity index is 497. The minimum absolute atomic E-state index is 0.256. The van der Waals surface area contributed by atoms with Crippen molar-refractivity contribution < 1.29 is 13.9 Å². The normalized spacial score (nSPS) is 10.4. The number of rotatable bonds is 2. The molecule has 0 aliphatic rings. The molecule has 2 aromatic rings. The van der Waals surface area contributed by atoms with Crippen LogP contribution < -0.4 is 0 Å². The van der Waals surface area contributed by atoms with Crippen LogP contribution in [0, 0.1) is 11.8 Å². The van der Waals surface area contributed by atoms with E-state index in [2.05, 4.69) is 4.98 Å². The van der Waals surface area contributed by atoms with E-state index in [1.165, 1.54) is 24.3 Å². The molecule has 1 aromatic heterocycles. The first-order valence-corrected chi connectivity index (χ1v) is 4.72. The second kappa shape index (κ2) is 4.37. The van der Waals surface area contributed by atoms with E-state index in [1.54, 1.807) is 6.07 Å². The van der Waals surface area contributed by atoms with Gasteiger partial charge in [-0.05, 0) is 42.0 Å². The fraction of sp³-hybridized carbons (Fsp3) is 0.0833. The number of halogens is 2. The van der Waals surface area contributed by atoms with E-state index in [4.69, 9.17) is 5.11 Å². The predicted octanol–water partition coefficient (Wildman–Crippen LogP) is 2.52. The quantitative estimate of drug-likeness (QED) is 0.790. The molecule has 0 saturated carbocycles. The van der Waals surface area contributed by atoms with Crippen molar-refractivity contribution in [1.29, 1.82) is 0 Å². The molecule has 16 heavy (non-hydrogen) atoms. The van der Waals surface area contributed by atoms with Crippen molar-refractivity contribution in [3.63, 3.8) is 0 Å². The molecule has 0 fully saturated rings. The van der Waals surface area contributed by atoms with Crippen molar-refractivity contribution in [2.45, 2.75) is 6.61 Å². The van der Waals surface area contributed by atoms with Gasteiger partial charge in [-0.25, -0.2) is 9.37 Å². The Morgan fingerprint density at radius 2 is 1.75 bits per heavy atom. The van der Waals surface area contributed by atoms with Gasteiger partial charge in [-0.15, -0.1) is 0 Å². The Kier molecular flexibility index (Phi) is 2.92. The Morgan fingerprint density at radius 1 is 1.06 bits per heavy atom. The molecule has 0 radical (unpaired) electrons. The highest BCUT2D eigenvalue weighted by atomic mass is 19.1. The summed E-state index contributed by atoms with van der Waals surface area (Å²) in [6, 6.07) is 8.31. The molecule has 0 atom stereocenters. The van der Waals surface area contributed by atoms with Crippen LogP contribution in [-0.2, 0) is 6.61 Å². The molecule has 0 unspecified atom stereocenters. The van der Waals surface area contributed by atoms with E-state index < -0.39 is 5.95 Å². The minimum atomic E-state index is -0.661. The van der Waals surface area contributed by atoms with Gasteiger partial charge in [0, 0.05) is 5.56 Å². The molecule has 82 valence electrons. The van der Waals surface area contributed by atoms with E-state index in [-0.39, 0.29) is 12.4 Å². The number of nitrogens with zero attached hydrogens (tertiary/aromatic N) is 1. The lowest BCUT2D eigenvalue weighted by Crippen LogP contribution is -1.93. The van der Waals surface area contributed by atoms with Gasteiger partial charge in [0.1, 0.15) is 5.82 Å². The van der Waals surface area contributed by atoms with Gasteiger partial charge in [0.05, 0.1) is 12.3 Å². The van der Waals surface area contributed by atoms with Gasteiger partial charge >= 0.3 is 0 Å². The number of aliphatic hydroxyl groups excluding tert-OH is 1. The smallest absolute Gasteiger partial charge is 0.213 e. The third-order valence-corrected chi connectivity index (χ3v) is 2.18. The molecule has 0 aliphatic carbocycles. The molecule has 0 spiro atoms.